The van der Waals surface area contributed by atoms with Crippen LogP contribution in [-0.2, 0) is 6.42 Å². The molecule has 0 saturated heterocycles. The normalized spacial score (nSPS) is 15.2. The van der Waals surface area contributed by atoms with Crippen LogP contribution in [0.15, 0.2) is 67.5 Å². The second-order valence-electron chi connectivity index (χ2n) is 6.67. The Kier molecular flexibility index (Phi) is 3.97. The van der Waals surface area contributed by atoms with E-state index in [1.165, 1.54) is 6.33 Å². The molecule has 1 N–H and O–H groups in total. The molecule has 138 valence electrons. The van der Waals surface area contributed by atoms with Gasteiger partial charge < -0.3 is 14.5 Å². The van der Waals surface area contributed by atoms with Gasteiger partial charge in [-0.25, -0.2) is 15.0 Å². The lowest BCUT2D eigenvalue weighted by Gasteiger charge is -2.13. The van der Waals surface area contributed by atoms with Crippen molar-refractivity contribution in [3.8, 4) is 16.9 Å². The molecule has 4 heterocycles. The summed E-state index contributed by atoms with van der Waals surface area (Å²) >= 11 is 0. The second kappa shape index (κ2) is 6.77. The van der Waals surface area contributed by atoms with Gasteiger partial charge in [0.1, 0.15) is 29.5 Å². The summed E-state index contributed by atoms with van der Waals surface area (Å²) in [6.45, 7) is 0.409. The first kappa shape index (κ1) is 16.4. The van der Waals surface area contributed by atoms with Gasteiger partial charge in [0.15, 0.2) is 0 Å². The number of fused-ring (bicyclic) bond motifs is 2. The lowest BCUT2D eigenvalue weighted by Crippen LogP contribution is -2.34. The molecule has 0 spiro atoms. The molecule has 1 atom stereocenters. The summed E-state index contributed by atoms with van der Waals surface area (Å²) in [6.07, 6.45) is 9.25. The minimum Gasteiger partial charge on any atom is -0.487 e. The van der Waals surface area contributed by atoms with Crippen molar-refractivity contribution < 1.29 is 9.53 Å². The molecule has 0 fully saturated rings. The van der Waals surface area contributed by atoms with Gasteiger partial charge in [0.2, 0.25) is 0 Å². The molecule has 0 aliphatic carbocycles. The third-order valence-electron chi connectivity index (χ3n) is 4.79. The Morgan fingerprint density at radius 3 is 2.93 bits per heavy atom. The Bertz CT molecular complexity index is 1120. The van der Waals surface area contributed by atoms with Gasteiger partial charge in [-0.1, -0.05) is 24.3 Å². The molecule has 7 nitrogen and oxygen atoms in total. The molecule has 7 heteroatoms. The summed E-state index contributed by atoms with van der Waals surface area (Å²) in [4.78, 5) is 25.0. The number of aromatic nitrogens is 4. The Morgan fingerprint density at radius 2 is 2.07 bits per heavy atom. The van der Waals surface area contributed by atoms with Crippen LogP contribution in [0.1, 0.15) is 16.1 Å². The SMILES string of the molecule is O=C(NCC1Cc2cccc(-c3cncnc3)c2O1)c1cn2ccccc2n1. The van der Waals surface area contributed by atoms with Gasteiger partial charge in [0.05, 0.1) is 6.54 Å². The van der Waals surface area contributed by atoms with Gasteiger partial charge in [0.25, 0.3) is 5.91 Å². The van der Waals surface area contributed by atoms with Crippen LogP contribution in [0.25, 0.3) is 16.8 Å². The summed E-state index contributed by atoms with van der Waals surface area (Å²) in [7, 11) is 0. The van der Waals surface area contributed by atoms with E-state index in [1.54, 1.807) is 18.6 Å². The minimum absolute atomic E-state index is 0.123. The molecule has 1 aliphatic rings. The number of benzene rings is 1. The summed E-state index contributed by atoms with van der Waals surface area (Å²) < 4.78 is 7.97. The van der Waals surface area contributed by atoms with Crippen LogP contribution >= 0.6 is 0 Å². The molecule has 3 aromatic heterocycles. The highest BCUT2D eigenvalue weighted by Crippen LogP contribution is 2.38. The number of para-hydroxylation sites is 1. The zero-order chi connectivity index (χ0) is 18.9. The molecule has 0 saturated carbocycles. The summed E-state index contributed by atoms with van der Waals surface area (Å²) in [5, 5.41) is 2.93. The molecular formula is C21H17N5O2. The van der Waals surface area contributed by atoms with E-state index >= 15 is 0 Å². The van der Waals surface area contributed by atoms with Crippen molar-refractivity contribution in [1.82, 2.24) is 24.7 Å². The maximum absolute atomic E-state index is 12.5. The van der Waals surface area contributed by atoms with E-state index in [-0.39, 0.29) is 12.0 Å². The van der Waals surface area contributed by atoms with E-state index < -0.39 is 0 Å². The number of rotatable bonds is 4. The largest absolute Gasteiger partial charge is 0.487 e. The fourth-order valence-electron chi connectivity index (χ4n) is 3.46. The molecular weight excluding hydrogens is 354 g/mol. The number of amides is 1. The number of imidazole rings is 1. The maximum atomic E-state index is 12.5. The van der Waals surface area contributed by atoms with Crippen molar-refractivity contribution in [1.29, 1.82) is 0 Å². The number of ether oxygens (including phenoxy) is 1. The van der Waals surface area contributed by atoms with Crippen LogP contribution in [0.3, 0.4) is 0 Å². The van der Waals surface area contributed by atoms with Crippen LogP contribution in [0.5, 0.6) is 5.75 Å². The maximum Gasteiger partial charge on any atom is 0.271 e. The monoisotopic (exact) mass is 371 g/mol. The molecule has 1 aromatic carbocycles. The van der Waals surface area contributed by atoms with Gasteiger partial charge >= 0.3 is 0 Å². The topological polar surface area (TPSA) is 81.4 Å². The lowest BCUT2D eigenvalue weighted by molar-refractivity contribution is 0.0929. The minimum atomic E-state index is -0.208. The molecule has 28 heavy (non-hydrogen) atoms. The zero-order valence-electron chi connectivity index (χ0n) is 14.9. The zero-order valence-corrected chi connectivity index (χ0v) is 14.9. The highest BCUT2D eigenvalue weighted by atomic mass is 16.5. The van der Waals surface area contributed by atoms with Crippen molar-refractivity contribution in [3.05, 3.63) is 78.8 Å². The number of hydrogen-bond acceptors (Lipinski definition) is 5. The van der Waals surface area contributed by atoms with E-state index in [2.05, 4.69) is 20.3 Å². The molecule has 0 radical (unpaired) electrons. The number of nitrogens with one attached hydrogen (secondary N) is 1. The quantitative estimate of drug-likeness (QED) is 0.596. The highest BCUT2D eigenvalue weighted by molar-refractivity contribution is 5.92. The predicted molar refractivity (Wildman–Crippen MR) is 103 cm³/mol. The van der Waals surface area contributed by atoms with Gasteiger partial charge in [-0.2, -0.15) is 0 Å². The van der Waals surface area contributed by atoms with Gasteiger partial charge in [0, 0.05) is 42.3 Å². The van der Waals surface area contributed by atoms with Gasteiger partial charge in [-0.05, 0) is 17.7 Å². The Hall–Kier alpha value is -3.74. The predicted octanol–water partition coefficient (Wildman–Crippen LogP) is 2.52. The molecule has 0 bridgehead atoms. The average molecular weight is 371 g/mol. The Morgan fingerprint density at radius 1 is 1.18 bits per heavy atom. The summed E-state index contributed by atoms with van der Waals surface area (Å²) in [5.41, 5.74) is 4.13. The first-order valence-electron chi connectivity index (χ1n) is 9.04. The standard InChI is InChI=1S/C21H17N5O2/c27-21(18-12-26-7-2-1-6-19(26)25-18)24-11-16-8-14-4-3-5-17(20(14)28-16)15-9-22-13-23-10-15/h1-7,9-10,12-13,16H,8,11H2,(H,24,27). The number of carbonyl (C=O) groups is 1. The van der Waals surface area contributed by atoms with Crippen molar-refractivity contribution in [2.75, 3.05) is 6.54 Å². The molecule has 5 rings (SSSR count). The molecule has 4 aromatic rings. The third kappa shape index (κ3) is 2.96. The second-order valence-corrected chi connectivity index (χ2v) is 6.67. The number of pyridine rings is 1. The lowest BCUT2D eigenvalue weighted by atomic mass is 10.0. The van der Waals surface area contributed by atoms with Crippen LogP contribution < -0.4 is 10.1 Å². The van der Waals surface area contributed by atoms with Gasteiger partial charge in [-0.3, -0.25) is 4.79 Å². The Balaban J connectivity index is 1.29. The molecule has 1 unspecified atom stereocenters. The molecule has 1 aliphatic heterocycles. The van der Waals surface area contributed by atoms with Crippen molar-refractivity contribution in [2.45, 2.75) is 12.5 Å². The fourth-order valence-corrected chi connectivity index (χ4v) is 3.46. The van der Waals surface area contributed by atoms with Crippen LogP contribution in [0.4, 0.5) is 0 Å². The van der Waals surface area contributed by atoms with Crippen LogP contribution in [0, 0.1) is 0 Å². The van der Waals surface area contributed by atoms with Crippen LogP contribution in [-0.4, -0.2) is 37.9 Å². The fraction of sp³-hybridized carbons (Fsp3) is 0.143. The molecule has 1 amide bonds. The first-order valence-corrected chi connectivity index (χ1v) is 9.04. The Labute approximate surface area is 161 Å². The first-order chi connectivity index (χ1) is 13.8. The third-order valence-corrected chi connectivity index (χ3v) is 4.79. The number of nitrogens with zero attached hydrogens (tertiary/aromatic N) is 4. The van der Waals surface area contributed by atoms with Crippen molar-refractivity contribution in [2.24, 2.45) is 0 Å². The summed E-state index contributed by atoms with van der Waals surface area (Å²) in [6, 6.07) is 11.7. The highest BCUT2D eigenvalue weighted by Gasteiger charge is 2.26. The number of hydrogen-bond donors (Lipinski definition) is 1. The van der Waals surface area contributed by atoms with Crippen molar-refractivity contribution in [3.63, 3.8) is 0 Å². The van der Waals surface area contributed by atoms with Crippen LogP contribution in [0.2, 0.25) is 0 Å². The number of carbonyl (C=O) groups excluding carboxylic acids is 1. The van der Waals surface area contributed by atoms with E-state index in [0.29, 0.717) is 12.2 Å². The average Bonchev–Trinajstić information content (AvgIpc) is 3.36. The smallest absolute Gasteiger partial charge is 0.271 e. The van der Waals surface area contributed by atoms with E-state index in [0.717, 1.165) is 34.5 Å². The summed E-state index contributed by atoms with van der Waals surface area (Å²) in [5.74, 6) is 0.629. The van der Waals surface area contributed by atoms with E-state index in [1.807, 2.05) is 47.0 Å². The van der Waals surface area contributed by atoms with Gasteiger partial charge in [-0.15, -0.1) is 0 Å². The van der Waals surface area contributed by atoms with Crippen molar-refractivity contribution >= 4 is 11.6 Å². The van der Waals surface area contributed by atoms with E-state index in [9.17, 15) is 4.79 Å². The van der Waals surface area contributed by atoms with E-state index in [4.69, 9.17) is 4.74 Å².